The zero-order valence-corrected chi connectivity index (χ0v) is 18.0. The van der Waals surface area contributed by atoms with Crippen molar-refractivity contribution >= 4 is 13.4 Å². The highest BCUT2D eigenvalue weighted by molar-refractivity contribution is 7.54. The van der Waals surface area contributed by atoms with Gasteiger partial charge < -0.3 is 19.3 Å². The monoisotopic (exact) mass is 435 g/mol. The summed E-state index contributed by atoms with van der Waals surface area (Å²) >= 11 is 0. The number of benzene rings is 2. The first kappa shape index (κ1) is 22.5. The van der Waals surface area contributed by atoms with Gasteiger partial charge in [-0.2, -0.15) is 5.06 Å². The van der Waals surface area contributed by atoms with Crippen LogP contribution < -0.4 is 0 Å². The molecule has 0 saturated carbocycles. The van der Waals surface area contributed by atoms with Crippen molar-refractivity contribution in [2.24, 2.45) is 5.92 Å². The third-order valence-electron chi connectivity index (χ3n) is 4.92. The molecule has 0 aliphatic carbocycles. The van der Waals surface area contributed by atoms with Gasteiger partial charge in [-0.1, -0.05) is 30.3 Å². The third kappa shape index (κ3) is 4.29. The summed E-state index contributed by atoms with van der Waals surface area (Å²) < 4.78 is 24.7. The quantitative estimate of drug-likeness (QED) is 0.363. The number of hydrogen-bond acceptors (Lipinski definition) is 8. The molecule has 30 heavy (non-hydrogen) atoms. The Morgan fingerprint density at radius 3 is 2.33 bits per heavy atom. The molecule has 0 unspecified atom stereocenters. The van der Waals surface area contributed by atoms with Crippen LogP contribution in [0.15, 0.2) is 48.5 Å². The summed E-state index contributed by atoms with van der Waals surface area (Å²) in [5.41, 5.74) is 0.605. The van der Waals surface area contributed by atoms with Gasteiger partial charge >= 0.3 is 7.60 Å². The van der Waals surface area contributed by atoms with E-state index >= 15 is 0 Å². The van der Waals surface area contributed by atoms with Gasteiger partial charge in [0.25, 0.3) is 0 Å². The van der Waals surface area contributed by atoms with E-state index < -0.39 is 31.2 Å². The average Bonchev–Trinajstić information content (AvgIpc) is 3.08. The van der Waals surface area contributed by atoms with Gasteiger partial charge in [-0.05, 0) is 37.6 Å². The Hall–Kier alpha value is -2.22. The summed E-state index contributed by atoms with van der Waals surface area (Å²) in [6.45, 7) is 3.62. The van der Waals surface area contributed by atoms with E-state index in [-0.39, 0.29) is 30.3 Å². The lowest BCUT2D eigenvalue weighted by molar-refractivity contribution is -0.137. The predicted molar refractivity (Wildman–Crippen MR) is 110 cm³/mol. The Morgan fingerprint density at radius 2 is 1.73 bits per heavy atom. The fraction of sp³-hybridized carbons (Fsp3) is 0.381. The fourth-order valence-electron chi connectivity index (χ4n) is 3.72. The Balaban J connectivity index is 2.14. The van der Waals surface area contributed by atoms with Gasteiger partial charge in [0.2, 0.25) is 0 Å². The number of carbonyl (C=O) groups is 1. The molecular weight excluding hydrogens is 409 g/mol. The largest absolute Gasteiger partial charge is 0.508 e. The van der Waals surface area contributed by atoms with Crippen molar-refractivity contribution in [3.05, 3.63) is 59.7 Å². The van der Waals surface area contributed by atoms with Gasteiger partial charge in [0.15, 0.2) is 5.78 Å². The molecule has 8 nitrogen and oxygen atoms in total. The summed E-state index contributed by atoms with van der Waals surface area (Å²) in [6, 6.07) is 12.8. The molecule has 1 aliphatic heterocycles. The summed E-state index contributed by atoms with van der Waals surface area (Å²) in [7, 11) is -2.23. The number of hydrogen-bond donors (Lipinski definition) is 2. The first-order chi connectivity index (χ1) is 14.3. The van der Waals surface area contributed by atoms with Crippen molar-refractivity contribution in [3.8, 4) is 11.5 Å². The minimum atomic E-state index is -3.80. The van der Waals surface area contributed by atoms with Crippen LogP contribution in [0.4, 0.5) is 0 Å². The van der Waals surface area contributed by atoms with Crippen LogP contribution in [0, 0.1) is 5.92 Å². The number of phenols is 2. The molecule has 2 aromatic rings. The lowest BCUT2D eigenvalue weighted by Gasteiger charge is -2.29. The highest BCUT2D eigenvalue weighted by Crippen LogP contribution is 2.62. The maximum Gasteiger partial charge on any atom is 0.350 e. The standard InChI is InChI=1S/C21H26NO7P/c1-4-27-30(26,28-5-2)21-18(19(25)16-13-15(23)11-12-17(16)24)20(29-22(21)3)14-9-7-6-8-10-14/h6-13,18,20-21,23-24H,4-5H2,1-3H3/t18-,20-,21+/m0/s1. The summed E-state index contributed by atoms with van der Waals surface area (Å²) in [5, 5.41) is 21.5. The molecule has 0 bridgehead atoms. The normalized spacial score (nSPS) is 22.3. The first-order valence-corrected chi connectivity index (χ1v) is 11.3. The molecule has 2 N–H and O–H groups in total. The van der Waals surface area contributed by atoms with E-state index in [2.05, 4.69) is 0 Å². The molecule has 0 spiro atoms. The van der Waals surface area contributed by atoms with Crippen LogP contribution in [-0.2, 0) is 18.5 Å². The van der Waals surface area contributed by atoms with Gasteiger partial charge in [0, 0.05) is 7.05 Å². The number of nitrogens with zero attached hydrogens (tertiary/aromatic N) is 1. The first-order valence-electron chi connectivity index (χ1n) is 9.72. The number of rotatable bonds is 8. The topological polar surface area (TPSA) is 106 Å². The number of Topliss-reactive ketones (excluding diaryl/α,β-unsaturated/α-hetero) is 1. The Labute approximate surface area is 175 Å². The van der Waals surface area contributed by atoms with Gasteiger partial charge in [-0.3, -0.25) is 14.2 Å². The number of hydroxylamine groups is 2. The van der Waals surface area contributed by atoms with Crippen LogP contribution in [0.3, 0.4) is 0 Å². The fourth-order valence-corrected chi connectivity index (χ4v) is 5.96. The van der Waals surface area contributed by atoms with Crippen molar-refractivity contribution in [1.29, 1.82) is 0 Å². The van der Waals surface area contributed by atoms with Crippen LogP contribution in [-0.4, -0.2) is 47.1 Å². The zero-order chi connectivity index (χ0) is 21.9. The number of aromatic hydroxyl groups is 2. The zero-order valence-electron chi connectivity index (χ0n) is 17.1. The van der Waals surface area contributed by atoms with E-state index in [1.807, 2.05) is 18.2 Å². The highest BCUT2D eigenvalue weighted by Gasteiger charge is 2.56. The average molecular weight is 435 g/mol. The maximum atomic E-state index is 13.7. The molecule has 0 aromatic heterocycles. The lowest BCUT2D eigenvalue weighted by atomic mass is 9.88. The second-order valence-electron chi connectivity index (χ2n) is 6.86. The summed E-state index contributed by atoms with van der Waals surface area (Å²) in [4.78, 5) is 19.6. The Bertz CT molecular complexity index is 926. The number of phenolic OH excluding ortho intramolecular Hbond substituents is 2. The van der Waals surface area contributed by atoms with Gasteiger partial charge in [0.05, 0.1) is 24.7 Å². The SMILES string of the molecule is CCOP(=O)(OCC)[C@@H]1[C@@H](C(=O)c2cc(O)ccc2O)[C@H](c2ccccc2)ON1C. The van der Waals surface area contributed by atoms with E-state index in [0.717, 1.165) is 0 Å². The second kappa shape index (κ2) is 9.29. The lowest BCUT2D eigenvalue weighted by Crippen LogP contribution is -2.35. The molecule has 0 amide bonds. The van der Waals surface area contributed by atoms with E-state index in [1.165, 1.54) is 23.3 Å². The predicted octanol–water partition coefficient (Wildman–Crippen LogP) is 4.11. The van der Waals surface area contributed by atoms with Crippen molar-refractivity contribution in [1.82, 2.24) is 5.06 Å². The van der Waals surface area contributed by atoms with Crippen LogP contribution in [0.1, 0.15) is 35.9 Å². The van der Waals surface area contributed by atoms with E-state index in [1.54, 1.807) is 33.0 Å². The molecule has 1 saturated heterocycles. The van der Waals surface area contributed by atoms with Crippen LogP contribution in [0.25, 0.3) is 0 Å². The van der Waals surface area contributed by atoms with E-state index in [4.69, 9.17) is 13.9 Å². The van der Waals surface area contributed by atoms with Crippen LogP contribution >= 0.6 is 7.60 Å². The summed E-state index contributed by atoms with van der Waals surface area (Å²) in [5.74, 6) is -3.06. The van der Waals surface area contributed by atoms with Gasteiger partial charge in [-0.15, -0.1) is 0 Å². The maximum absolute atomic E-state index is 13.7. The van der Waals surface area contributed by atoms with Crippen LogP contribution in [0.2, 0.25) is 0 Å². The van der Waals surface area contributed by atoms with Crippen LogP contribution in [0.5, 0.6) is 11.5 Å². The van der Waals surface area contributed by atoms with Crippen molar-refractivity contribution < 1.29 is 33.5 Å². The smallest absolute Gasteiger partial charge is 0.350 e. The second-order valence-corrected chi connectivity index (χ2v) is 8.99. The minimum Gasteiger partial charge on any atom is -0.508 e. The summed E-state index contributed by atoms with van der Waals surface area (Å²) in [6.07, 6.45) is -0.787. The number of ketones is 1. The highest BCUT2D eigenvalue weighted by atomic mass is 31.2. The van der Waals surface area contributed by atoms with Crippen molar-refractivity contribution in [2.45, 2.75) is 25.7 Å². The third-order valence-corrected chi connectivity index (χ3v) is 7.45. The molecule has 1 aliphatic rings. The van der Waals surface area contributed by atoms with Crippen molar-refractivity contribution in [3.63, 3.8) is 0 Å². The van der Waals surface area contributed by atoms with Gasteiger partial charge in [-0.25, -0.2) is 0 Å². The molecule has 1 heterocycles. The Kier molecular flexibility index (Phi) is 6.95. The molecule has 1 fully saturated rings. The molecule has 3 atom stereocenters. The molecule has 3 rings (SSSR count). The van der Waals surface area contributed by atoms with Gasteiger partial charge in [0.1, 0.15) is 23.4 Å². The minimum absolute atomic E-state index is 0.0932. The molecule has 162 valence electrons. The van der Waals surface area contributed by atoms with Crippen molar-refractivity contribution in [2.75, 3.05) is 20.3 Å². The number of carbonyl (C=O) groups excluding carboxylic acids is 1. The molecule has 0 radical (unpaired) electrons. The molecule has 9 heteroatoms. The molecule has 2 aromatic carbocycles. The van der Waals surface area contributed by atoms with E-state index in [9.17, 15) is 19.6 Å². The Morgan fingerprint density at radius 1 is 1.10 bits per heavy atom. The van der Waals surface area contributed by atoms with E-state index in [0.29, 0.717) is 5.56 Å². The molecular formula is C21H26NO7P.